The number of carbonyl (C=O) groups is 1. The number of ketones is 1. The Morgan fingerprint density at radius 3 is 2.62 bits per heavy atom. The highest BCUT2D eigenvalue weighted by Crippen LogP contribution is 2.44. The fraction of sp³-hybridized carbons (Fsp3) is 0.529. The molecule has 1 fully saturated rings. The number of carbonyl (C=O) groups excluding carboxylic acids is 1. The SMILES string of the molecule is CC1(C)CC(C2C(=O)CSC2(C)C)=Nc2ccccc2N1. The third kappa shape index (κ3) is 2.73. The van der Waals surface area contributed by atoms with Crippen LogP contribution in [0.2, 0.25) is 0 Å². The van der Waals surface area contributed by atoms with Crippen molar-refractivity contribution in [2.24, 2.45) is 10.9 Å². The molecule has 0 bridgehead atoms. The first-order chi connectivity index (χ1) is 9.78. The second kappa shape index (κ2) is 4.87. The van der Waals surface area contributed by atoms with Crippen molar-refractivity contribution in [3.8, 4) is 0 Å². The Kier molecular flexibility index (Phi) is 3.40. The summed E-state index contributed by atoms with van der Waals surface area (Å²) in [6.07, 6.45) is 0.794. The summed E-state index contributed by atoms with van der Waals surface area (Å²) in [6, 6.07) is 8.09. The van der Waals surface area contributed by atoms with Crippen molar-refractivity contribution in [1.29, 1.82) is 0 Å². The monoisotopic (exact) mass is 302 g/mol. The van der Waals surface area contributed by atoms with Crippen molar-refractivity contribution in [2.75, 3.05) is 11.1 Å². The lowest BCUT2D eigenvalue weighted by Gasteiger charge is -2.31. The van der Waals surface area contributed by atoms with Crippen molar-refractivity contribution >= 4 is 34.6 Å². The lowest BCUT2D eigenvalue weighted by molar-refractivity contribution is -0.118. The molecule has 1 aromatic rings. The first-order valence-electron chi connectivity index (χ1n) is 7.40. The summed E-state index contributed by atoms with van der Waals surface area (Å²) in [4.78, 5) is 17.3. The van der Waals surface area contributed by atoms with Gasteiger partial charge in [-0.3, -0.25) is 9.79 Å². The molecule has 21 heavy (non-hydrogen) atoms. The zero-order valence-corrected chi connectivity index (χ0v) is 13.9. The molecular weight excluding hydrogens is 280 g/mol. The Balaban J connectivity index is 2.09. The lowest BCUT2D eigenvalue weighted by Crippen LogP contribution is -2.40. The predicted molar refractivity (Wildman–Crippen MR) is 90.9 cm³/mol. The molecule has 1 unspecified atom stereocenters. The first-order valence-corrected chi connectivity index (χ1v) is 8.38. The van der Waals surface area contributed by atoms with E-state index in [1.54, 1.807) is 11.8 Å². The highest BCUT2D eigenvalue weighted by atomic mass is 32.2. The summed E-state index contributed by atoms with van der Waals surface area (Å²) in [5, 5.41) is 3.56. The van der Waals surface area contributed by atoms with E-state index in [-0.39, 0.29) is 16.2 Å². The number of thioether (sulfide) groups is 1. The summed E-state index contributed by atoms with van der Waals surface area (Å²) in [5.74, 6) is 0.847. The summed E-state index contributed by atoms with van der Waals surface area (Å²) in [5.41, 5.74) is 2.92. The van der Waals surface area contributed by atoms with Crippen LogP contribution >= 0.6 is 11.8 Å². The van der Waals surface area contributed by atoms with Crippen LogP contribution in [0.5, 0.6) is 0 Å². The number of benzene rings is 1. The van der Waals surface area contributed by atoms with E-state index in [2.05, 4.69) is 39.1 Å². The summed E-state index contributed by atoms with van der Waals surface area (Å²) in [7, 11) is 0. The first kappa shape index (κ1) is 14.6. The van der Waals surface area contributed by atoms with Gasteiger partial charge in [0, 0.05) is 22.4 Å². The van der Waals surface area contributed by atoms with Gasteiger partial charge >= 0.3 is 0 Å². The van der Waals surface area contributed by atoms with Crippen molar-refractivity contribution in [3.63, 3.8) is 0 Å². The molecule has 0 spiro atoms. The molecule has 0 aliphatic carbocycles. The van der Waals surface area contributed by atoms with E-state index in [1.807, 2.05) is 18.2 Å². The smallest absolute Gasteiger partial charge is 0.152 e. The molecule has 1 N–H and O–H groups in total. The quantitative estimate of drug-likeness (QED) is 0.850. The average molecular weight is 302 g/mol. The molecule has 0 radical (unpaired) electrons. The number of hydrogen-bond acceptors (Lipinski definition) is 4. The molecule has 2 aliphatic heterocycles. The molecule has 4 heteroatoms. The number of hydrogen-bond donors (Lipinski definition) is 1. The van der Waals surface area contributed by atoms with Crippen molar-refractivity contribution < 1.29 is 4.79 Å². The Labute approximate surface area is 130 Å². The van der Waals surface area contributed by atoms with Gasteiger partial charge in [-0.1, -0.05) is 12.1 Å². The van der Waals surface area contributed by atoms with E-state index < -0.39 is 0 Å². The van der Waals surface area contributed by atoms with Gasteiger partial charge in [0.15, 0.2) is 5.78 Å². The molecule has 0 saturated carbocycles. The largest absolute Gasteiger partial charge is 0.378 e. The van der Waals surface area contributed by atoms with Gasteiger partial charge in [0.1, 0.15) is 0 Å². The maximum absolute atomic E-state index is 12.4. The van der Waals surface area contributed by atoms with Crippen LogP contribution in [0.15, 0.2) is 29.3 Å². The minimum atomic E-state index is -0.102. The zero-order valence-electron chi connectivity index (χ0n) is 13.1. The van der Waals surface area contributed by atoms with E-state index in [0.29, 0.717) is 11.5 Å². The van der Waals surface area contributed by atoms with Gasteiger partial charge < -0.3 is 5.32 Å². The number of rotatable bonds is 1. The molecular formula is C17H22N2OS. The third-order valence-corrected chi connectivity index (χ3v) is 5.61. The number of nitrogens with one attached hydrogen (secondary N) is 1. The van der Waals surface area contributed by atoms with Gasteiger partial charge in [0.2, 0.25) is 0 Å². The number of anilines is 1. The molecule has 0 aromatic heterocycles. The number of aliphatic imine (C=N–C) groups is 1. The summed E-state index contributed by atoms with van der Waals surface area (Å²) >= 11 is 1.75. The molecule has 1 aromatic carbocycles. The Bertz CT molecular complexity index is 619. The van der Waals surface area contributed by atoms with E-state index in [4.69, 9.17) is 4.99 Å². The van der Waals surface area contributed by atoms with Gasteiger partial charge in [0.25, 0.3) is 0 Å². The molecule has 3 nitrogen and oxygen atoms in total. The standard InChI is InChI=1S/C17H22N2OS/c1-16(2)9-13(15-14(20)10-21-17(15,3)4)18-11-7-5-6-8-12(11)19-16/h5-8,15,19H,9-10H2,1-4H3. The van der Waals surface area contributed by atoms with Crippen LogP contribution in [0.25, 0.3) is 0 Å². The van der Waals surface area contributed by atoms with Gasteiger partial charge in [-0.15, -0.1) is 11.8 Å². The topological polar surface area (TPSA) is 41.5 Å². The summed E-state index contributed by atoms with van der Waals surface area (Å²) < 4.78 is -0.0642. The van der Waals surface area contributed by atoms with Gasteiger partial charge in [-0.05, 0) is 39.8 Å². The highest BCUT2D eigenvalue weighted by molar-refractivity contribution is 8.01. The molecule has 2 aliphatic rings. The van der Waals surface area contributed by atoms with Crippen molar-refractivity contribution in [1.82, 2.24) is 0 Å². The van der Waals surface area contributed by atoms with Crippen LogP contribution in [0.4, 0.5) is 11.4 Å². The van der Waals surface area contributed by atoms with Crippen LogP contribution in [0, 0.1) is 5.92 Å². The van der Waals surface area contributed by atoms with Crippen LogP contribution < -0.4 is 5.32 Å². The van der Waals surface area contributed by atoms with Crippen LogP contribution in [-0.2, 0) is 4.79 Å². The van der Waals surface area contributed by atoms with Crippen LogP contribution in [0.1, 0.15) is 34.1 Å². The van der Waals surface area contributed by atoms with Crippen LogP contribution in [-0.4, -0.2) is 27.5 Å². The number of Topliss-reactive ketones (excluding diaryl/α,β-unsaturated/α-hetero) is 1. The second-order valence-corrected chi connectivity index (χ2v) is 8.73. The molecule has 112 valence electrons. The number of nitrogens with zero attached hydrogens (tertiary/aromatic N) is 1. The molecule has 3 rings (SSSR count). The van der Waals surface area contributed by atoms with Gasteiger partial charge in [-0.2, -0.15) is 0 Å². The normalized spacial score (nSPS) is 26.6. The van der Waals surface area contributed by atoms with E-state index in [0.717, 1.165) is 23.5 Å². The van der Waals surface area contributed by atoms with Gasteiger partial charge in [0.05, 0.1) is 23.0 Å². The lowest BCUT2D eigenvalue weighted by atomic mass is 9.82. The van der Waals surface area contributed by atoms with E-state index in [1.165, 1.54) is 0 Å². The highest BCUT2D eigenvalue weighted by Gasteiger charge is 2.46. The maximum Gasteiger partial charge on any atom is 0.152 e. The molecule has 1 atom stereocenters. The zero-order chi connectivity index (χ0) is 15.3. The van der Waals surface area contributed by atoms with Crippen molar-refractivity contribution in [2.45, 2.75) is 44.4 Å². The van der Waals surface area contributed by atoms with E-state index >= 15 is 0 Å². The second-order valence-electron chi connectivity index (χ2n) is 7.10. The number of fused-ring (bicyclic) bond motifs is 1. The van der Waals surface area contributed by atoms with Crippen LogP contribution in [0.3, 0.4) is 0 Å². The maximum atomic E-state index is 12.4. The fourth-order valence-corrected chi connectivity index (χ4v) is 4.41. The average Bonchev–Trinajstić information content (AvgIpc) is 2.56. The Hall–Kier alpha value is -1.29. The van der Waals surface area contributed by atoms with Crippen molar-refractivity contribution in [3.05, 3.63) is 24.3 Å². The predicted octanol–water partition coefficient (Wildman–Crippen LogP) is 4.06. The molecule has 0 amide bonds. The number of para-hydroxylation sites is 2. The fourth-order valence-electron chi connectivity index (χ4n) is 3.30. The third-order valence-electron chi connectivity index (χ3n) is 4.20. The Morgan fingerprint density at radius 1 is 1.24 bits per heavy atom. The van der Waals surface area contributed by atoms with Gasteiger partial charge in [-0.25, -0.2) is 0 Å². The summed E-state index contributed by atoms with van der Waals surface area (Å²) in [6.45, 7) is 8.66. The molecule has 2 heterocycles. The minimum absolute atomic E-state index is 0.0642. The molecule has 1 saturated heterocycles. The van der Waals surface area contributed by atoms with E-state index in [9.17, 15) is 4.79 Å². The Morgan fingerprint density at radius 2 is 1.95 bits per heavy atom. The minimum Gasteiger partial charge on any atom is -0.378 e.